The van der Waals surface area contributed by atoms with E-state index in [2.05, 4.69) is 124 Å². The Bertz CT molecular complexity index is 3370. The average molecular weight is 688 g/mol. The lowest BCUT2D eigenvalue weighted by atomic mass is 9.99. The van der Waals surface area contributed by atoms with Crippen molar-refractivity contribution in [3.8, 4) is 39.9 Å². The fourth-order valence-corrected chi connectivity index (χ4v) is 8.67. The Morgan fingerprint density at radius 2 is 0.907 bits per heavy atom. The average Bonchev–Trinajstić information content (AvgIpc) is 3.87. The number of fused-ring (bicyclic) bond motifs is 11. The van der Waals surface area contributed by atoms with Gasteiger partial charge in [0.05, 0.1) is 16.6 Å². The topological polar surface area (TPSA) is 48.0 Å². The number of aromatic nitrogens is 5. The summed E-state index contributed by atoms with van der Waals surface area (Å²) in [6, 6.07) is 62.4. The lowest BCUT2D eigenvalue weighted by molar-refractivity contribution is 1.07. The van der Waals surface area contributed by atoms with Gasteiger partial charge in [-0.15, -0.1) is 0 Å². The van der Waals surface area contributed by atoms with Crippen LogP contribution in [0.25, 0.3) is 111 Å². The maximum absolute atomic E-state index is 5.09. The van der Waals surface area contributed by atoms with Crippen molar-refractivity contribution in [2.24, 2.45) is 0 Å². The first-order valence-electron chi connectivity index (χ1n) is 18.3. The highest BCUT2D eigenvalue weighted by molar-refractivity contribution is 6.35. The highest BCUT2D eigenvalue weighted by Crippen LogP contribution is 2.47. The van der Waals surface area contributed by atoms with Gasteiger partial charge in [0, 0.05) is 49.3 Å². The molecule has 5 heteroatoms. The van der Waals surface area contributed by atoms with Crippen LogP contribution in [-0.4, -0.2) is 23.9 Å². The zero-order chi connectivity index (χ0) is 35.3. The van der Waals surface area contributed by atoms with Crippen LogP contribution in [0.15, 0.2) is 176 Å². The third-order valence-corrected chi connectivity index (χ3v) is 11.0. The molecule has 12 rings (SSSR count). The predicted octanol–water partition coefficient (Wildman–Crippen LogP) is 12.3. The van der Waals surface area contributed by atoms with Gasteiger partial charge in [0.25, 0.3) is 0 Å². The molecule has 12 aromatic rings. The van der Waals surface area contributed by atoms with Crippen LogP contribution in [0.2, 0.25) is 0 Å². The quantitative estimate of drug-likeness (QED) is 0.185. The van der Waals surface area contributed by atoms with Crippen LogP contribution < -0.4 is 0 Å². The third-order valence-electron chi connectivity index (χ3n) is 11.0. The van der Waals surface area contributed by atoms with Gasteiger partial charge in [-0.3, -0.25) is 8.97 Å². The van der Waals surface area contributed by atoms with Crippen LogP contribution in [-0.2, 0) is 0 Å². The zero-order valence-electron chi connectivity index (χ0n) is 29.0. The molecule has 0 aliphatic rings. The maximum atomic E-state index is 5.09. The van der Waals surface area contributed by atoms with E-state index in [1.54, 1.807) is 0 Å². The molecule has 0 amide bonds. The van der Waals surface area contributed by atoms with E-state index in [1.165, 1.54) is 59.5 Å². The highest BCUT2D eigenvalue weighted by Gasteiger charge is 2.26. The summed E-state index contributed by atoms with van der Waals surface area (Å²) in [5.74, 6) is 1.92. The first-order valence-corrected chi connectivity index (χ1v) is 18.3. The van der Waals surface area contributed by atoms with Gasteiger partial charge < -0.3 is 0 Å². The molecule has 5 nitrogen and oxygen atoms in total. The molecule has 0 saturated carbocycles. The van der Waals surface area contributed by atoms with Gasteiger partial charge in [-0.2, -0.15) is 0 Å². The minimum absolute atomic E-state index is 0.631. The minimum Gasteiger partial charge on any atom is -0.295 e. The van der Waals surface area contributed by atoms with Crippen molar-refractivity contribution in [3.05, 3.63) is 176 Å². The highest BCUT2D eigenvalue weighted by atomic mass is 15.1. The van der Waals surface area contributed by atoms with Crippen molar-refractivity contribution in [3.63, 3.8) is 0 Å². The molecular formula is C49H29N5. The molecule has 0 aliphatic carbocycles. The second-order valence-corrected chi connectivity index (χ2v) is 14.1. The number of benzene rings is 8. The zero-order valence-corrected chi connectivity index (χ0v) is 29.0. The third kappa shape index (κ3) is 4.12. The second-order valence-electron chi connectivity index (χ2n) is 14.1. The van der Waals surface area contributed by atoms with Gasteiger partial charge in [0.1, 0.15) is 5.65 Å². The summed E-state index contributed by atoms with van der Waals surface area (Å²) in [6.07, 6.45) is 0. The van der Waals surface area contributed by atoms with Gasteiger partial charge in [0.2, 0.25) is 0 Å². The van der Waals surface area contributed by atoms with Gasteiger partial charge in [-0.1, -0.05) is 140 Å². The largest absolute Gasteiger partial charge is 0.295 e. The van der Waals surface area contributed by atoms with Crippen LogP contribution in [0.3, 0.4) is 0 Å². The Morgan fingerprint density at radius 1 is 0.352 bits per heavy atom. The van der Waals surface area contributed by atoms with E-state index in [-0.39, 0.29) is 0 Å². The van der Waals surface area contributed by atoms with Crippen molar-refractivity contribution in [2.75, 3.05) is 0 Å². The Balaban J connectivity index is 1.20. The number of hydrogen-bond acceptors (Lipinski definition) is 3. The molecule has 8 aromatic carbocycles. The van der Waals surface area contributed by atoms with Crippen molar-refractivity contribution in [2.45, 2.75) is 0 Å². The van der Waals surface area contributed by atoms with Crippen LogP contribution in [0, 0.1) is 0 Å². The van der Waals surface area contributed by atoms with Crippen molar-refractivity contribution < 1.29 is 0 Å². The first-order chi connectivity index (χ1) is 26.8. The van der Waals surface area contributed by atoms with Crippen molar-refractivity contribution >= 4 is 70.7 Å². The van der Waals surface area contributed by atoms with Crippen LogP contribution in [0.5, 0.6) is 0 Å². The van der Waals surface area contributed by atoms with Gasteiger partial charge in [0.15, 0.2) is 17.5 Å². The number of nitrogens with zero attached hydrogens (tertiary/aromatic N) is 5. The van der Waals surface area contributed by atoms with E-state index in [9.17, 15) is 0 Å². The summed E-state index contributed by atoms with van der Waals surface area (Å²) >= 11 is 0. The molecule has 0 unspecified atom stereocenters. The summed E-state index contributed by atoms with van der Waals surface area (Å²) in [7, 11) is 0. The lowest BCUT2D eigenvalue weighted by Gasteiger charge is -2.12. The maximum Gasteiger partial charge on any atom is 0.164 e. The molecule has 0 bridgehead atoms. The standard InChI is InChI=1S/C49H29N5/c1-3-14-30(15-4-1)46-50-47(31-16-5-2-6-17-31)52-48(51-46)35-21-13-22-36(26-35)53-42-29-33-19-8-7-18-32(33)27-39(42)44-40-28-34-20-9-10-23-37(34)43-38-24-11-12-25-41(38)54(45(40)43)49(44)53/h1-29H. The summed E-state index contributed by atoms with van der Waals surface area (Å²) in [6.45, 7) is 0. The van der Waals surface area contributed by atoms with E-state index in [0.717, 1.165) is 33.5 Å². The van der Waals surface area contributed by atoms with Crippen LogP contribution >= 0.6 is 0 Å². The molecule has 0 radical (unpaired) electrons. The minimum atomic E-state index is 0.631. The Kier molecular flexibility index (Phi) is 5.99. The fourth-order valence-electron chi connectivity index (χ4n) is 8.67. The molecule has 4 heterocycles. The Labute approximate surface area is 309 Å². The molecule has 0 atom stereocenters. The van der Waals surface area contributed by atoms with Gasteiger partial charge >= 0.3 is 0 Å². The van der Waals surface area contributed by atoms with Gasteiger partial charge in [-0.25, -0.2) is 15.0 Å². The summed E-state index contributed by atoms with van der Waals surface area (Å²) in [5, 5.41) is 11.3. The van der Waals surface area contributed by atoms with Crippen molar-refractivity contribution in [1.29, 1.82) is 0 Å². The van der Waals surface area contributed by atoms with E-state index in [4.69, 9.17) is 15.0 Å². The van der Waals surface area contributed by atoms with Crippen LogP contribution in [0.1, 0.15) is 0 Å². The molecular weight excluding hydrogens is 659 g/mol. The molecule has 0 spiro atoms. The number of rotatable bonds is 4. The van der Waals surface area contributed by atoms with Crippen LogP contribution in [0.4, 0.5) is 0 Å². The predicted molar refractivity (Wildman–Crippen MR) is 223 cm³/mol. The molecule has 54 heavy (non-hydrogen) atoms. The van der Waals surface area contributed by atoms with Crippen molar-refractivity contribution in [1.82, 2.24) is 23.9 Å². The molecule has 0 N–H and O–H groups in total. The second kappa shape index (κ2) is 11.1. The monoisotopic (exact) mass is 687 g/mol. The molecule has 250 valence electrons. The van der Waals surface area contributed by atoms with E-state index in [1.807, 2.05) is 60.7 Å². The fraction of sp³-hybridized carbons (Fsp3) is 0. The molecule has 0 saturated heterocycles. The summed E-state index contributed by atoms with van der Waals surface area (Å²) in [4.78, 5) is 15.1. The molecule has 0 aliphatic heterocycles. The normalized spacial score (nSPS) is 12.1. The molecule has 4 aromatic heterocycles. The number of hydrogen-bond donors (Lipinski definition) is 0. The van der Waals surface area contributed by atoms with E-state index < -0.39 is 0 Å². The summed E-state index contributed by atoms with van der Waals surface area (Å²) < 4.78 is 4.96. The smallest absolute Gasteiger partial charge is 0.164 e. The SMILES string of the molecule is c1ccc(-c2nc(-c3ccccc3)nc(-c3cccc(-n4c5cc6ccccc6cc5c5c6cc7ccccc7c7c8ccccc8n(c67)c54)c3)n2)cc1. The first kappa shape index (κ1) is 29.2. The van der Waals surface area contributed by atoms with Gasteiger partial charge in [-0.05, 0) is 57.9 Å². The lowest BCUT2D eigenvalue weighted by Crippen LogP contribution is -2.01. The van der Waals surface area contributed by atoms with E-state index in [0.29, 0.717) is 17.5 Å². The Morgan fingerprint density at radius 3 is 1.63 bits per heavy atom. The number of para-hydroxylation sites is 1. The Hall–Kier alpha value is -7.37. The summed E-state index contributed by atoms with van der Waals surface area (Å²) in [5.41, 5.74) is 8.63. The molecule has 0 fully saturated rings. The van der Waals surface area contributed by atoms with E-state index >= 15 is 0 Å².